The average molecular weight is 1850 g/mol. The second kappa shape index (κ2) is 53.0. The lowest BCUT2D eigenvalue weighted by Gasteiger charge is -2.35. The van der Waals surface area contributed by atoms with Crippen molar-refractivity contribution in [2.24, 2.45) is 4.99 Å². The van der Waals surface area contributed by atoms with E-state index in [0.29, 0.717) is 27.8 Å². The first kappa shape index (κ1) is 106. The summed E-state index contributed by atoms with van der Waals surface area (Å²) in [4.78, 5) is 268. The Bertz CT molecular complexity index is 4990. The van der Waals surface area contributed by atoms with Crippen molar-refractivity contribution in [3.05, 3.63) is 143 Å². The van der Waals surface area contributed by atoms with Gasteiger partial charge in [-0.3, -0.25) is 81.9 Å². The van der Waals surface area contributed by atoms with Crippen molar-refractivity contribution in [2.45, 2.75) is 145 Å². The van der Waals surface area contributed by atoms with Gasteiger partial charge in [-0.15, -0.1) is 0 Å². The Morgan fingerprint density at radius 1 is 0.371 bits per heavy atom. The second-order valence-electron chi connectivity index (χ2n) is 30.8. The number of carboxylic acids is 11. The molecule has 0 saturated carbocycles. The number of hydrogen-bond acceptors (Lipinski definition) is 26. The van der Waals surface area contributed by atoms with Crippen LogP contribution in [-0.2, 0) is 96.0 Å². The summed E-state index contributed by atoms with van der Waals surface area (Å²) >= 11 is 0. The SMILES string of the molecule is Nc1ccc(C[C@H](NC(=O)CCC(C(=O)O)N2CCN(CC(=O)O)CCN(CC(=O)O)CCN(CC(=O)O)CC2)C(=O)N[C@H](Cc2ccc(O)cc2)C(=O)N[C@H](Cc2ccc3ccccc3c2)C(=O)N[C@H](CCCCNC(=O)[C@@H](CC(=O)NCCC/C(=N/C(=O)CC[C@H](NC(=O)N[C@@H](CCC(=O)O)C(=O)O)C(=O)O)C(=O)O)NC(=O)c2cc(C(=O)O)cc(C(=O)O)c2)C(=O)O)cc1. The normalized spacial score (nSPS) is 14.8. The molecule has 1 saturated heterocycles. The van der Waals surface area contributed by atoms with Crippen molar-refractivity contribution < 1.29 is 157 Å². The molecule has 0 radical (unpaired) electrons. The summed E-state index contributed by atoms with van der Waals surface area (Å²) in [6.07, 6.45) is -7.19. The van der Waals surface area contributed by atoms with Gasteiger partial charge in [0.1, 0.15) is 59.8 Å². The number of aliphatic carboxylic acids is 9. The van der Waals surface area contributed by atoms with E-state index in [-0.39, 0.29) is 110 Å². The highest BCUT2D eigenvalue weighted by molar-refractivity contribution is 6.37. The second-order valence-corrected chi connectivity index (χ2v) is 30.8. The zero-order valence-corrected chi connectivity index (χ0v) is 71.2. The van der Waals surface area contributed by atoms with E-state index in [1.807, 2.05) is 10.6 Å². The number of carboxylic acid groups (broad SMARTS) is 11. The lowest BCUT2D eigenvalue weighted by molar-refractivity contribution is -0.145. The molecule has 1 aliphatic heterocycles. The first-order chi connectivity index (χ1) is 62.5. The predicted molar refractivity (Wildman–Crippen MR) is 460 cm³/mol. The van der Waals surface area contributed by atoms with Crippen LogP contribution in [-0.4, -0.2) is 339 Å². The number of phenols is 1. The van der Waals surface area contributed by atoms with Gasteiger partial charge in [0.2, 0.25) is 41.4 Å². The number of hydrogen-bond donors (Lipinski definition) is 22. The molecule has 23 N–H and O–H groups in total. The third kappa shape index (κ3) is 37.7. The Morgan fingerprint density at radius 3 is 1.30 bits per heavy atom. The number of unbranched alkanes of at least 4 members (excludes halogenated alkanes) is 1. The van der Waals surface area contributed by atoms with E-state index < -0.39 is 267 Å². The predicted octanol–water partition coefficient (Wildman–Crippen LogP) is -1.44. The van der Waals surface area contributed by atoms with Crippen molar-refractivity contribution in [2.75, 3.05) is 90.8 Å². The van der Waals surface area contributed by atoms with Crippen LogP contribution in [0.15, 0.2) is 114 Å². The van der Waals surface area contributed by atoms with Gasteiger partial charge in [0.25, 0.3) is 5.91 Å². The minimum atomic E-state index is -1.88. The molecule has 5 aromatic carbocycles. The number of rotatable bonds is 52. The highest BCUT2D eigenvalue weighted by Gasteiger charge is 2.36. The zero-order valence-electron chi connectivity index (χ0n) is 71.2. The fourth-order valence-electron chi connectivity index (χ4n) is 13.8. The Labute approximate surface area is 751 Å². The summed E-state index contributed by atoms with van der Waals surface area (Å²) < 4.78 is 0. The molecule has 0 bridgehead atoms. The Morgan fingerprint density at radius 2 is 0.818 bits per heavy atom. The zero-order chi connectivity index (χ0) is 97.4. The molecule has 8 atom stereocenters. The summed E-state index contributed by atoms with van der Waals surface area (Å²) in [5, 5.41) is 141. The number of aromatic carboxylic acids is 2. The maximum Gasteiger partial charge on any atom is 0.350 e. The lowest BCUT2D eigenvalue weighted by atomic mass is 9.99. The van der Waals surface area contributed by atoms with Crippen molar-refractivity contribution in [1.29, 1.82) is 0 Å². The van der Waals surface area contributed by atoms with E-state index in [4.69, 9.17) is 10.8 Å². The number of nitrogen functional groups attached to an aromatic ring is 1. The Balaban J connectivity index is 1.19. The van der Waals surface area contributed by atoms with E-state index in [1.165, 1.54) is 56.0 Å². The average Bonchev–Trinajstić information content (AvgIpc) is 0.828. The highest BCUT2D eigenvalue weighted by Crippen LogP contribution is 2.21. The van der Waals surface area contributed by atoms with E-state index >= 15 is 9.59 Å². The molecule has 1 aliphatic rings. The first-order valence-electron chi connectivity index (χ1n) is 41.4. The number of amides is 10. The molecule has 0 aliphatic carbocycles. The summed E-state index contributed by atoms with van der Waals surface area (Å²) in [5.41, 5.74) is 4.75. The minimum absolute atomic E-state index is 0.0161. The van der Waals surface area contributed by atoms with Crippen LogP contribution in [0.1, 0.15) is 125 Å². The number of aliphatic imine (C=N–C) groups is 1. The minimum Gasteiger partial charge on any atom is -0.508 e. The van der Waals surface area contributed by atoms with E-state index in [9.17, 15) is 142 Å². The molecule has 5 aromatic rings. The van der Waals surface area contributed by atoms with E-state index in [2.05, 4.69) is 42.2 Å². The molecular weight excluding hydrogens is 1740 g/mol. The van der Waals surface area contributed by atoms with Gasteiger partial charge in [0.05, 0.1) is 37.2 Å². The quantitative estimate of drug-likeness (QED) is 0.0120. The molecule has 132 heavy (non-hydrogen) atoms. The standard InChI is InChI=1S/C85H105N15O32/c86-55-16-11-47(12-17-55)37-61(90-67(103)24-22-65(84(130)131)100-34-32-98(45-71(109)110)30-28-97(44-70(107)108)29-31-99(33-35-100)46-72(111)112)75(115)93-62(38-48-13-18-56(101)19-14-48)77(117)94-63(39-49-10-15-50-6-1-2-7-51(50)36-49)76(116)91-58(81(124)125)8-3-4-26-88-74(114)64(92-73(113)52-40-53(78(118)119)42-54(41-52)79(120)121)43-68(104)87-27-5-9-57(80(122)123)89-66(102)23-20-59(82(126)127)95-85(132)96-60(83(128)129)21-25-69(105)106/h1-2,6-7,10-19,36,40-42,58-65,101H,3-5,8-9,20-35,37-39,43-46,86H2,(H,87,104)(H,88,114)(H,90,103)(H,91,116)(H,92,113)(H,93,115)(H,94,117)(H,105,106)(H,107,108)(H,109,110)(H,111,112)(H,118,119)(H,120,121)(H,122,123)(H,124,125)(H,126,127)(H,128,129)(H,130,131)(H2,95,96,132)/b89-57-/t58-,59+,60+,61+,62-,63-,64-,65?/m1/s1. The van der Waals surface area contributed by atoms with Crippen LogP contribution in [0, 0.1) is 0 Å². The van der Waals surface area contributed by atoms with Gasteiger partial charge in [-0.1, -0.05) is 66.7 Å². The molecule has 1 unspecified atom stereocenters. The van der Waals surface area contributed by atoms with Gasteiger partial charge in [-0.25, -0.2) is 38.6 Å². The number of carbonyl (C=O) groups excluding carboxylic acids is 9. The maximum atomic E-state index is 15.2. The monoisotopic (exact) mass is 1850 g/mol. The third-order valence-electron chi connectivity index (χ3n) is 20.7. The Hall–Kier alpha value is -15.1. The molecule has 0 aromatic heterocycles. The number of fused-ring (bicyclic) bond motifs is 1. The molecule has 47 heteroatoms. The summed E-state index contributed by atoms with van der Waals surface area (Å²) in [6.45, 7) is -2.52. The largest absolute Gasteiger partial charge is 0.508 e. The topological polar surface area (TPSA) is 744 Å². The lowest BCUT2D eigenvalue weighted by Crippen LogP contribution is -2.59. The molecule has 1 fully saturated rings. The number of nitrogens with zero attached hydrogens (tertiary/aromatic N) is 5. The highest BCUT2D eigenvalue weighted by atomic mass is 16.4. The fraction of sp³-hybridized carbons (Fsp3) is 0.424. The molecular formula is C85H105N15O32. The summed E-state index contributed by atoms with van der Waals surface area (Å²) in [5.74, 6) is -25.3. The molecule has 47 nitrogen and oxygen atoms in total. The number of nitrogens with one attached hydrogen (secondary N) is 9. The van der Waals surface area contributed by atoms with Crippen LogP contribution >= 0.6 is 0 Å². The van der Waals surface area contributed by atoms with Crippen molar-refractivity contribution in [1.82, 2.24) is 67.5 Å². The Kier molecular flexibility index (Phi) is 42.4. The van der Waals surface area contributed by atoms with E-state index in [0.717, 1.165) is 23.6 Å². The van der Waals surface area contributed by atoms with Gasteiger partial charge >= 0.3 is 71.7 Å². The number of phenolic OH excluding ortho intramolecular Hbond substituents is 1. The van der Waals surface area contributed by atoms with Crippen LogP contribution in [0.25, 0.3) is 10.8 Å². The van der Waals surface area contributed by atoms with Crippen LogP contribution in [0.5, 0.6) is 5.75 Å². The maximum absolute atomic E-state index is 15.2. The summed E-state index contributed by atoms with van der Waals surface area (Å²) in [6, 6.07) is 10.9. The van der Waals surface area contributed by atoms with Gasteiger partial charge in [0.15, 0.2) is 0 Å². The molecule has 1 heterocycles. The van der Waals surface area contributed by atoms with Gasteiger partial charge < -0.3 is 115 Å². The van der Waals surface area contributed by atoms with Crippen molar-refractivity contribution in [3.8, 4) is 5.75 Å². The number of benzene rings is 5. The van der Waals surface area contributed by atoms with Crippen LogP contribution in [0.4, 0.5) is 10.5 Å². The number of anilines is 1. The van der Waals surface area contributed by atoms with E-state index in [1.54, 1.807) is 54.6 Å². The van der Waals surface area contributed by atoms with Crippen LogP contribution < -0.4 is 53.6 Å². The smallest absolute Gasteiger partial charge is 0.350 e. The number of nitrogens with two attached hydrogens (primary N) is 1. The molecule has 0 spiro atoms. The van der Waals surface area contributed by atoms with Gasteiger partial charge in [0, 0.05) is 115 Å². The molecule has 10 amide bonds. The van der Waals surface area contributed by atoms with Gasteiger partial charge in [-0.2, -0.15) is 0 Å². The number of aromatic hydroxyl groups is 1. The third-order valence-corrected chi connectivity index (χ3v) is 20.7. The van der Waals surface area contributed by atoms with Crippen molar-refractivity contribution >= 4 is 141 Å². The summed E-state index contributed by atoms with van der Waals surface area (Å²) in [7, 11) is 0. The van der Waals surface area contributed by atoms with Crippen LogP contribution in [0.3, 0.4) is 0 Å². The fourth-order valence-corrected chi connectivity index (χ4v) is 13.8. The number of urea groups is 1. The van der Waals surface area contributed by atoms with Crippen LogP contribution in [0.2, 0.25) is 0 Å². The first-order valence-corrected chi connectivity index (χ1v) is 41.4. The van der Waals surface area contributed by atoms with Gasteiger partial charge in [-0.05, 0) is 121 Å². The number of carbonyl (C=O) groups is 20. The van der Waals surface area contributed by atoms with Crippen molar-refractivity contribution in [3.63, 3.8) is 0 Å². The molecule has 712 valence electrons. The molecule has 6 rings (SSSR count).